The summed E-state index contributed by atoms with van der Waals surface area (Å²) < 4.78 is 0. The lowest BCUT2D eigenvalue weighted by Gasteiger charge is -2.34. The second kappa shape index (κ2) is 14.7. The van der Waals surface area contributed by atoms with Crippen LogP contribution in [0.1, 0.15) is 22.3 Å². The van der Waals surface area contributed by atoms with Gasteiger partial charge in [-0.2, -0.15) is 0 Å². The number of nitrogens with zero attached hydrogens (tertiary/aromatic N) is 3. The molecule has 9 aromatic rings. The highest BCUT2D eigenvalue weighted by molar-refractivity contribution is 6.88. The fraction of sp³-hybridized carbons (Fsp3) is 0.0727. The minimum absolute atomic E-state index is 0.463. The number of hydrogen-bond acceptors (Lipinski definition) is 3. The van der Waals surface area contributed by atoms with Gasteiger partial charge in [0.15, 0.2) is 17.5 Å². The summed E-state index contributed by atoms with van der Waals surface area (Å²) in [5, 5.41) is 1.48. The fourth-order valence-corrected chi connectivity index (χ4v) is 9.97. The van der Waals surface area contributed by atoms with E-state index in [1.807, 2.05) is 60.7 Å². The summed E-state index contributed by atoms with van der Waals surface area (Å²) in [5.41, 5.74) is 14.8. The van der Waals surface area contributed by atoms with Gasteiger partial charge in [-0.1, -0.05) is 213 Å². The molecule has 4 heteroatoms. The van der Waals surface area contributed by atoms with E-state index in [2.05, 4.69) is 165 Å². The summed E-state index contributed by atoms with van der Waals surface area (Å²) in [6, 6.07) is 74.3. The van der Waals surface area contributed by atoms with Crippen molar-refractivity contribution in [1.29, 1.82) is 0 Å². The SMILES string of the molecule is C[Si](C)(C)c1ccc2c(c1)-c1ccccc1C2(c1ccccc1)c1cccc(-c2cccc(-c3cccc(-c4nc(-c5ccccc5)nc(-c5ccccc5)n4)c3)c2)c1. The Morgan fingerprint density at radius 3 is 1.34 bits per heavy atom. The third-order valence-electron chi connectivity index (χ3n) is 11.8. The second-order valence-electron chi connectivity index (χ2n) is 16.5. The molecule has 0 fully saturated rings. The Labute approximate surface area is 347 Å². The zero-order valence-electron chi connectivity index (χ0n) is 33.5. The fourth-order valence-electron chi connectivity index (χ4n) is 8.81. The van der Waals surface area contributed by atoms with Gasteiger partial charge >= 0.3 is 0 Å². The lowest BCUT2D eigenvalue weighted by Crippen LogP contribution is -2.38. The third-order valence-corrected chi connectivity index (χ3v) is 13.8. The first-order valence-electron chi connectivity index (χ1n) is 20.4. The maximum Gasteiger partial charge on any atom is 0.164 e. The molecule has 10 rings (SSSR count). The molecule has 0 bridgehead atoms. The van der Waals surface area contributed by atoms with Gasteiger partial charge in [0.05, 0.1) is 13.5 Å². The van der Waals surface area contributed by atoms with E-state index in [0.717, 1.165) is 33.4 Å². The predicted molar refractivity (Wildman–Crippen MR) is 247 cm³/mol. The Morgan fingerprint density at radius 2 is 0.746 bits per heavy atom. The number of benzene rings is 8. The molecule has 0 saturated heterocycles. The van der Waals surface area contributed by atoms with Crippen LogP contribution in [0.2, 0.25) is 19.6 Å². The number of rotatable bonds is 8. The molecule has 1 heterocycles. The highest BCUT2D eigenvalue weighted by Gasteiger charge is 2.46. The van der Waals surface area contributed by atoms with Crippen LogP contribution in [0.15, 0.2) is 206 Å². The maximum atomic E-state index is 5.01. The van der Waals surface area contributed by atoms with Crippen molar-refractivity contribution in [1.82, 2.24) is 15.0 Å². The first kappa shape index (κ1) is 36.3. The van der Waals surface area contributed by atoms with Crippen molar-refractivity contribution in [2.45, 2.75) is 25.1 Å². The summed E-state index contributed by atoms with van der Waals surface area (Å²) in [6.07, 6.45) is 0. The molecule has 0 spiro atoms. The lowest BCUT2D eigenvalue weighted by atomic mass is 9.67. The van der Waals surface area contributed by atoms with Crippen LogP contribution in [0.5, 0.6) is 0 Å². The minimum Gasteiger partial charge on any atom is -0.208 e. The molecule has 1 atom stereocenters. The van der Waals surface area contributed by atoms with E-state index >= 15 is 0 Å². The highest BCUT2D eigenvalue weighted by atomic mass is 28.3. The second-order valence-corrected chi connectivity index (χ2v) is 21.5. The van der Waals surface area contributed by atoms with Gasteiger partial charge in [-0.15, -0.1) is 0 Å². The van der Waals surface area contributed by atoms with Crippen molar-refractivity contribution in [2.75, 3.05) is 0 Å². The van der Waals surface area contributed by atoms with Gasteiger partial charge in [0.1, 0.15) is 0 Å². The molecule has 0 saturated carbocycles. The van der Waals surface area contributed by atoms with Crippen molar-refractivity contribution in [3.05, 3.63) is 229 Å². The molecular weight excluding hydrogens is 731 g/mol. The predicted octanol–water partition coefficient (Wildman–Crippen LogP) is 13.1. The molecule has 0 amide bonds. The molecule has 1 aliphatic rings. The summed E-state index contributed by atoms with van der Waals surface area (Å²) in [5.74, 6) is 1.95. The Bertz CT molecular complexity index is 2920. The number of hydrogen-bond donors (Lipinski definition) is 0. The first-order chi connectivity index (χ1) is 28.9. The van der Waals surface area contributed by atoms with Crippen molar-refractivity contribution < 1.29 is 0 Å². The van der Waals surface area contributed by atoms with Crippen LogP contribution in [0.4, 0.5) is 0 Å². The third kappa shape index (κ3) is 6.52. The molecule has 282 valence electrons. The maximum absolute atomic E-state index is 5.01. The van der Waals surface area contributed by atoms with E-state index in [1.54, 1.807) is 0 Å². The minimum atomic E-state index is -1.56. The summed E-state index contributed by atoms with van der Waals surface area (Å²) in [4.78, 5) is 14.9. The smallest absolute Gasteiger partial charge is 0.164 e. The van der Waals surface area contributed by atoms with Gasteiger partial charge in [-0.25, -0.2) is 15.0 Å². The number of aromatic nitrogens is 3. The van der Waals surface area contributed by atoms with Crippen LogP contribution < -0.4 is 5.19 Å². The van der Waals surface area contributed by atoms with Crippen LogP contribution in [-0.2, 0) is 5.41 Å². The van der Waals surface area contributed by atoms with Crippen molar-refractivity contribution in [2.24, 2.45) is 0 Å². The van der Waals surface area contributed by atoms with Crippen LogP contribution in [0, 0.1) is 0 Å². The van der Waals surface area contributed by atoms with Crippen molar-refractivity contribution >= 4 is 13.3 Å². The summed E-state index contributed by atoms with van der Waals surface area (Å²) >= 11 is 0. The normalized spacial score (nSPS) is 14.4. The zero-order valence-corrected chi connectivity index (χ0v) is 34.5. The largest absolute Gasteiger partial charge is 0.208 e. The van der Waals surface area contributed by atoms with Gasteiger partial charge in [-0.05, 0) is 73.8 Å². The summed E-state index contributed by atoms with van der Waals surface area (Å²) in [7, 11) is -1.56. The van der Waals surface area contributed by atoms with Crippen LogP contribution in [-0.4, -0.2) is 23.0 Å². The van der Waals surface area contributed by atoms with E-state index in [4.69, 9.17) is 15.0 Å². The van der Waals surface area contributed by atoms with Crippen LogP contribution >= 0.6 is 0 Å². The quantitative estimate of drug-likeness (QED) is 0.144. The van der Waals surface area contributed by atoms with Gasteiger partial charge in [0.2, 0.25) is 0 Å². The van der Waals surface area contributed by atoms with Crippen LogP contribution in [0.25, 0.3) is 67.5 Å². The van der Waals surface area contributed by atoms with Crippen LogP contribution in [0.3, 0.4) is 0 Å². The Balaban J connectivity index is 1.07. The van der Waals surface area contributed by atoms with Gasteiger partial charge in [0.25, 0.3) is 0 Å². The molecule has 3 nitrogen and oxygen atoms in total. The van der Waals surface area contributed by atoms with Gasteiger partial charge in [0, 0.05) is 16.7 Å². The molecule has 1 unspecified atom stereocenters. The molecule has 1 aromatic heterocycles. The lowest BCUT2D eigenvalue weighted by molar-refractivity contribution is 0.769. The highest BCUT2D eigenvalue weighted by Crippen LogP contribution is 2.56. The monoisotopic (exact) mass is 773 g/mol. The average molecular weight is 774 g/mol. The Kier molecular flexibility index (Phi) is 9.07. The van der Waals surface area contributed by atoms with E-state index in [1.165, 1.54) is 44.1 Å². The molecule has 0 aliphatic heterocycles. The van der Waals surface area contributed by atoms with Crippen molar-refractivity contribution in [3.8, 4) is 67.5 Å². The van der Waals surface area contributed by atoms with E-state index < -0.39 is 13.5 Å². The Hall–Kier alpha value is -7.01. The van der Waals surface area contributed by atoms with E-state index in [9.17, 15) is 0 Å². The molecule has 1 aliphatic carbocycles. The zero-order chi connectivity index (χ0) is 40.0. The summed E-state index contributed by atoms with van der Waals surface area (Å²) in [6.45, 7) is 7.30. The first-order valence-corrected chi connectivity index (χ1v) is 23.9. The molecule has 0 N–H and O–H groups in total. The van der Waals surface area contributed by atoms with E-state index in [-0.39, 0.29) is 0 Å². The number of fused-ring (bicyclic) bond motifs is 3. The molecule has 8 aromatic carbocycles. The Morgan fingerprint density at radius 1 is 0.322 bits per heavy atom. The molecule has 0 radical (unpaired) electrons. The van der Waals surface area contributed by atoms with E-state index in [0.29, 0.717) is 17.5 Å². The molecular formula is C55H43N3Si. The van der Waals surface area contributed by atoms with Crippen molar-refractivity contribution in [3.63, 3.8) is 0 Å². The van der Waals surface area contributed by atoms with Gasteiger partial charge < -0.3 is 0 Å². The molecule has 59 heavy (non-hydrogen) atoms. The standard InChI is InChI=1S/C55H43N3Si/c1-59(2,3)47-32-33-51-49(37-47)48-30-13-14-31-50(48)55(51,45-27-11-6-12-28-45)46-29-17-25-43(36-46)41-23-15-22-40(34-41)42-24-16-26-44(35-42)54-57-52(38-18-7-4-8-19-38)56-53(58-54)39-20-9-5-10-21-39/h4-37H,1-3H3. The topological polar surface area (TPSA) is 38.7 Å². The average Bonchev–Trinajstić information content (AvgIpc) is 3.60. The van der Waals surface area contributed by atoms with Gasteiger partial charge in [-0.3, -0.25) is 0 Å².